The smallest absolute Gasteiger partial charge is 0.407 e. The molecule has 0 aliphatic carbocycles. The Bertz CT molecular complexity index is 342. The number of amides is 1. The number of carbonyl (C=O) groups is 1. The molecule has 0 aliphatic heterocycles. The van der Waals surface area contributed by atoms with Gasteiger partial charge >= 0.3 is 6.09 Å². The molecular weight excluding hydrogens is 225 g/mol. The average Bonchev–Trinajstić information content (AvgIpc) is 2.19. The maximum absolute atomic E-state index is 10.7. The van der Waals surface area contributed by atoms with Crippen LogP contribution in [0.1, 0.15) is 5.56 Å². The lowest BCUT2D eigenvalue weighted by molar-refractivity contribution is 0.142. The number of nitrogens with one attached hydrogen (secondary N) is 1. The van der Waals surface area contributed by atoms with E-state index in [2.05, 4.69) is 5.32 Å². The minimum atomic E-state index is -0.476. The molecule has 1 aromatic rings. The number of hydrogen-bond donors (Lipinski definition) is 1. The fourth-order valence-electron chi connectivity index (χ4n) is 0.850. The molecule has 0 atom stereocenters. The molecule has 0 fully saturated rings. The van der Waals surface area contributed by atoms with Crippen LogP contribution in [0.2, 0.25) is 10.0 Å². The number of ether oxygens (including phenoxy) is 1. The fourth-order valence-corrected chi connectivity index (χ4v) is 1.17. The van der Waals surface area contributed by atoms with E-state index in [0.29, 0.717) is 10.0 Å². The molecule has 3 nitrogen and oxygen atoms in total. The Balaban J connectivity index is 2.60. The number of benzene rings is 1. The van der Waals surface area contributed by atoms with Crippen molar-refractivity contribution in [3.05, 3.63) is 33.8 Å². The van der Waals surface area contributed by atoms with Crippen LogP contribution < -0.4 is 5.32 Å². The van der Waals surface area contributed by atoms with Crippen LogP contribution in [0.25, 0.3) is 0 Å². The summed E-state index contributed by atoms with van der Waals surface area (Å²) >= 11 is 11.5. The topological polar surface area (TPSA) is 38.3 Å². The highest BCUT2D eigenvalue weighted by atomic mass is 35.5. The quantitative estimate of drug-likeness (QED) is 0.854. The minimum absolute atomic E-state index is 0.177. The van der Waals surface area contributed by atoms with Crippen LogP contribution >= 0.6 is 23.2 Å². The van der Waals surface area contributed by atoms with Gasteiger partial charge in [0.25, 0.3) is 0 Å². The third kappa shape index (κ3) is 3.09. The summed E-state index contributed by atoms with van der Waals surface area (Å²) in [5.41, 5.74) is 0.794. The molecule has 1 N–H and O–H groups in total. The Morgan fingerprint density at radius 3 is 2.71 bits per heavy atom. The summed E-state index contributed by atoms with van der Waals surface area (Å²) in [7, 11) is 1.50. The van der Waals surface area contributed by atoms with Crippen molar-refractivity contribution in [3.63, 3.8) is 0 Å². The SMILES string of the molecule is CNC(=O)OCc1ccc(Cl)c(Cl)c1. The molecule has 76 valence electrons. The van der Waals surface area contributed by atoms with Gasteiger partial charge in [0, 0.05) is 7.05 Å². The Hall–Kier alpha value is -0.930. The summed E-state index contributed by atoms with van der Waals surface area (Å²) in [6, 6.07) is 5.07. The average molecular weight is 234 g/mol. The molecule has 0 saturated heterocycles. The summed E-state index contributed by atoms with van der Waals surface area (Å²) < 4.78 is 4.82. The maximum Gasteiger partial charge on any atom is 0.407 e. The second-order valence-electron chi connectivity index (χ2n) is 2.57. The van der Waals surface area contributed by atoms with Gasteiger partial charge in [-0.2, -0.15) is 0 Å². The van der Waals surface area contributed by atoms with Gasteiger partial charge in [0.15, 0.2) is 0 Å². The van der Waals surface area contributed by atoms with Crippen LogP contribution in [-0.4, -0.2) is 13.1 Å². The van der Waals surface area contributed by atoms with Gasteiger partial charge in [-0.3, -0.25) is 0 Å². The van der Waals surface area contributed by atoms with E-state index >= 15 is 0 Å². The predicted molar refractivity (Wildman–Crippen MR) is 55.7 cm³/mol. The lowest BCUT2D eigenvalue weighted by atomic mass is 10.2. The van der Waals surface area contributed by atoms with E-state index in [-0.39, 0.29) is 6.61 Å². The monoisotopic (exact) mass is 233 g/mol. The second kappa shape index (κ2) is 5.08. The Labute approximate surface area is 92.0 Å². The first kappa shape index (κ1) is 11.1. The number of carbonyl (C=O) groups excluding carboxylic acids is 1. The molecular formula is C9H9Cl2NO2. The highest BCUT2D eigenvalue weighted by Gasteiger charge is 2.02. The van der Waals surface area contributed by atoms with Crippen molar-refractivity contribution in [2.24, 2.45) is 0 Å². The molecule has 14 heavy (non-hydrogen) atoms. The molecule has 0 aromatic heterocycles. The largest absolute Gasteiger partial charge is 0.445 e. The molecule has 0 bridgehead atoms. The molecule has 1 aromatic carbocycles. The number of alkyl carbamates (subject to hydrolysis) is 1. The molecule has 5 heteroatoms. The molecule has 0 saturated carbocycles. The normalized spacial score (nSPS) is 9.64. The summed E-state index contributed by atoms with van der Waals surface area (Å²) in [5, 5.41) is 3.27. The Kier molecular flexibility index (Phi) is 4.04. The molecule has 1 rings (SSSR count). The van der Waals surface area contributed by atoms with Crippen molar-refractivity contribution in [2.75, 3.05) is 7.05 Å². The van der Waals surface area contributed by atoms with Crippen LogP contribution in [0.15, 0.2) is 18.2 Å². The standard InChI is InChI=1S/C9H9Cl2NO2/c1-12-9(13)14-5-6-2-3-7(10)8(11)4-6/h2-4H,5H2,1H3,(H,12,13). The molecule has 0 aliphatic rings. The van der Waals surface area contributed by atoms with Crippen molar-refractivity contribution in [1.29, 1.82) is 0 Å². The second-order valence-corrected chi connectivity index (χ2v) is 3.39. The zero-order valence-corrected chi connectivity index (χ0v) is 9.02. The van der Waals surface area contributed by atoms with Gasteiger partial charge in [0.05, 0.1) is 10.0 Å². The zero-order valence-electron chi connectivity index (χ0n) is 7.51. The summed E-state index contributed by atoms with van der Waals surface area (Å²) in [6.45, 7) is 0.177. The lowest BCUT2D eigenvalue weighted by Crippen LogP contribution is -2.18. The zero-order chi connectivity index (χ0) is 10.6. The first-order valence-corrected chi connectivity index (χ1v) is 4.67. The van der Waals surface area contributed by atoms with Crippen molar-refractivity contribution in [2.45, 2.75) is 6.61 Å². The first-order chi connectivity index (χ1) is 6.63. The van der Waals surface area contributed by atoms with E-state index < -0.39 is 6.09 Å². The van der Waals surface area contributed by atoms with Crippen molar-refractivity contribution in [3.8, 4) is 0 Å². The van der Waals surface area contributed by atoms with Crippen molar-refractivity contribution < 1.29 is 9.53 Å². The van der Waals surface area contributed by atoms with Gasteiger partial charge in [-0.1, -0.05) is 29.3 Å². The van der Waals surface area contributed by atoms with Gasteiger partial charge in [-0.15, -0.1) is 0 Å². The van der Waals surface area contributed by atoms with Gasteiger partial charge in [0.1, 0.15) is 6.61 Å². The molecule has 0 heterocycles. The third-order valence-corrected chi connectivity index (χ3v) is 2.30. The summed E-state index contributed by atoms with van der Waals surface area (Å²) in [6.07, 6.45) is -0.476. The third-order valence-electron chi connectivity index (χ3n) is 1.56. The van der Waals surface area contributed by atoms with Crippen LogP contribution in [-0.2, 0) is 11.3 Å². The van der Waals surface area contributed by atoms with Crippen LogP contribution in [0.4, 0.5) is 4.79 Å². The lowest BCUT2D eigenvalue weighted by Gasteiger charge is -2.04. The van der Waals surface area contributed by atoms with E-state index in [1.807, 2.05) is 0 Å². The van der Waals surface area contributed by atoms with Crippen LogP contribution in [0.3, 0.4) is 0 Å². The van der Waals surface area contributed by atoms with Gasteiger partial charge in [-0.25, -0.2) is 4.79 Å². The highest BCUT2D eigenvalue weighted by molar-refractivity contribution is 6.42. The number of hydrogen-bond acceptors (Lipinski definition) is 2. The summed E-state index contributed by atoms with van der Waals surface area (Å²) in [5.74, 6) is 0. The Morgan fingerprint density at radius 2 is 2.14 bits per heavy atom. The summed E-state index contributed by atoms with van der Waals surface area (Å²) in [4.78, 5) is 10.7. The molecule has 0 radical (unpaired) electrons. The first-order valence-electron chi connectivity index (χ1n) is 3.92. The van der Waals surface area contributed by atoms with E-state index in [9.17, 15) is 4.79 Å². The van der Waals surface area contributed by atoms with Gasteiger partial charge < -0.3 is 10.1 Å². The number of rotatable bonds is 2. The van der Waals surface area contributed by atoms with E-state index in [1.54, 1.807) is 18.2 Å². The predicted octanol–water partition coefficient (Wildman–Crippen LogP) is 2.85. The Morgan fingerprint density at radius 1 is 1.43 bits per heavy atom. The van der Waals surface area contributed by atoms with Crippen molar-refractivity contribution in [1.82, 2.24) is 5.32 Å². The minimum Gasteiger partial charge on any atom is -0.445 e. The number of halogens is 2. The van der Waals surface area contributed by atoms with E-state index in [1.165, 1.54) is 7.05 Å². The highest BCUT2D eigenvalue weighted by Crippen LogP contribution is 2.22. The van der Waals surface area contributed by atoms with Gasteiger partial charge in [-0.05, 0) is 17.7 Å². The fraction of sp³-hybridized carbons (Fsp3) is 0.222. The van der Waals surface area contributed by atoms with Crippen LogP contribution in [0, 0.1) is 0 Å². The maximum atomic E-state index is 10.7. The van der Waals surface area contributed by atoms with Crippen molar-refractivity contribution >= 4 is 29.3 Å². The molecule has 1 amide bonds. The van der Waals surface area contributed by atoms with E-state index in [0.717, 1.165) is 5.56 Å². The van der Waals surface area contributed by atoms with Crippen LogP contribution in [0.5, 0.6) is 0 Å². The van der Waals surface area contributed by atoms with Gasteiger partial charge in [0.2, 0.25) is 0 Å². The molecule has 0 spiro atoms. The van der Waals surface area contributed by atoms with E-state index in [4.69, 9.17) is 27.9 Å². The molecule has 0 unspecified atom stereocenters.